The lowest BCUT2D eigenvalue weighted by Gasteiger charge is -2.24. The first-order chi connectivity index (χ1) is 16.8. The summed E-state index contributed by atoms with van der Waals surface area (Å²) in [6, 6.07) is 20.2. The minimum Gasteiger partial charge on any atom is -0.285 e. The lowest BCUT2D eigenvalue weighted by Crippen LogP contribution is -2.33. The molecule has 5 nitrogen and oxygen atoms in total. The van der Waals surface area contributed by atoms with Crippen LogP contribution in [-0.2, 0) is 22.7 Å². The highest BCUT2D eigenvalue weighted by Gasteiger charge is 2.31. The first-order valence-corrected chi connectivity index (χ1v) is 14.6. The Morgan fingerprint density at radius 1 is 0.943 bits per heavy atom. The predicted molar refractivity (Wildman–Crippen MR) is 146 cm³/mol. The van der Waals surface area contributed by atoms with E-state index in [-0.39, 0.29) is 16.9 Å². The van der Waals surface area contributed by atoms with Gasteiger partial charge in [0.25, 0.3) is 5.56 Å². The molecule has 1 aliphatic rings. The maximum Gasteiger partial charge on any atom is 0.257 e. The van der Waals surface area contributed by atoms with E-state index in [1.54, 1.807) is 0 Å². The SMILES string of the molecule is CC.CCCc1c(CC)nc(C)n(C(c2ccccc2)c2ccccc2)c1=O.CS(=O)(=O)C1CC1. The predicted octanol–water partition coefficient (Wildman–Crippen LogP) is 5.92. The summed E-state index contributed by atoms with van der Waals surface area (Å²) < 4.78 is 22.7. The van der Waals surface area contributed by atoms with Crippen molar-refractivity contribution in [2.45, 2.75) is 78.0 Å². The van der Waals surface area contributed by atoms with E-state index in [0.29, 0.717) is 0 Å². The molecule has 6 heteroatoms. The van der Waals surface area contributed by atoms with E-state index >= 15 is 0 Å². The quantitative estimate of drug-likeness (QED) is 0.407. The molecule has 1 heterocycles. The maximum atomic E-state index is 13.5. The summed E-state index contributed by atoms with van der Waals surface area (Å²) in [5.41, 5.74) is 4.08. The third-order valence-corrected chi connectivity index (χ3v) is 7.61. The molecule has 1 aliphatic carbocycles. The topological polar surface area (TPSA) is 69.0 Å². The van der Waals surface area contributed by atoms with Crippen LogP contribution in [-0.4, -0.2) is 29.5 Å². The second-order valence-corrected chi connectivity index (χ2v) is 10.9. The van der Waals surface area contributed by atoms with Gasteiger partial charge in [-0.1, -0.05) is 94.8 Å². The molecule has 0 aliphatic heterocycles. The van der Waals surface area contributed by atoms with E-state index in [9.17, 15) is 13.2 Å². The zero-order valence-electron chi connectivity index (χ0n) is 22.0. The first kappa shape index (κ1) is 28.5. The van der Waals surface area contributed by atoms with Gasteiger partial charge in [-0.25, -0.2) is 13.4 Å². The van der Waals surface area contributed by atoms with Gasteiger partial charge in [0.15, 0.2) is 0 Å². The molecule has 0 bridgehead atoms. The Balaban J connectivity index is 0.000000407. The van der Waals surface area contributed by atoms with Gasteiger partial charge in [-0.15, -0.1) is 0 Å². The smallest absolute Gasteiger partial charge is 0.257 e. The van der Waals surface area contributed by atoms with Crippen LogP contribution >= 0.6 is 0 Å². The third-order valence-electron chi connectivity index (χ3n) is 5.92. The molecular formula is C29H40N2O3S. The van der Waals surface area contributed by atoms with Crippen molar-refractivity contribution in [1.82, 2.24) is 9.55 Å². The standard InChI is InChI=1S/C23H26N2O.C4H8O2S.C2H6/c1-4-12-20-21(5-2)24-17(3)25(23(20)26)22(18-13-8-6-9-14-18)19-15-10-7-11-16-19;1-7(5,6)4-2-3-4;1-2/h6-11,13-16,22H,4-5,12H2,1-3H3;4H,2-3H2,1H3;1-2H3. The summed E-state index contributed by atoms with van der Waals surface area (Å²) in [6.07, 6.45) is 5.57. The van der Waals surface area contributed by atoms with E-state index < -0.39 is 9.84 Å². The molecule has 0 unspecified atom stereocenters. The number of nitrogens with zero attached hydrogens (tertiary/aromatic N) is 2. The van der Waals surface area contributed by atoms with Crippen molar-refractivity contribution in [2.75, 3.05) is 6.26 Å². The second-order valence-electron chi connectivity index (χ2n) is 8.62. The summed E-state index contributed by atoms with van der Waals surface area (Å²) in [6.45, 7) is 10.1. The average molecular weight is 497 g/mol. The molecule has 1 aromatic heterocycles. The van der Waals surface area contributed by atoms with Crippen LogP contribution in [0.1, 0.15) is 81.2 Å². The molecule has 0 N–H and O–H groups in total. The van der Waals surface area contributed by atoms with Crippen LogP contribution < -0.4 is 5.56 Å². The third kappa shape index (κ3) is 7.63. The summed E-state index contributed by atoms with van der Waals surface area (Å²) in [4.78, 5) is 18.3. The average Bonchev–Trinajstić information content (AvgIpc) is 3.72. The highest BCUT2D eigenvalue weighted by molar-refractivity contribution is 7.91. The fraction of sp³-hybridized carbons (Fsp3) is 0.448. The second kappa shape index (κ2) is 13.4. The number of hydrogen-bond donors (Lipinski definition) is 0. The molecule has 0 atom stereocenters. The molecule has 3 aromatic rings. The molecule has 2 aromatic carbocycles. The van der Waals surface area contributed by atoms with Gasteiger partial charge < -0.3 is 0 Å². The highest BCUT2D eigenvalue weighted by atomic mass is 32.2. The van der Waals surface area contributed by atoms with Crippen molar-refractivity contribution in [3.8, 4) is 0 Å². The summed E-state index contributed by atoms with van der Waals surface area (Å²) in [5, 5.41) is 0.0208. The van der Waals surface area contributed by atoms with Crippen molar-refractivity contribution in [3.63, 3.8) is 0 Å². The lowest BCUT2D eigenvalue weighted by atomic mass is 9.97. The van der Waals surface area contributed by atoms with Crippen LogP contribution in [0, 0.1) is 6.92 Å². The Morgan fingerprint density at radius 2 is 1.43 bits per heavy atom. The monoisotopic (exact) mass is 496 g/mol. The van der Waals surface area contributed by atoms with Crippen LogP contribution in [0.4, 0.5) is 0 Å². The van der Waals surface area contributed by atoms with Crippen LogP contribution in [0.5, 0.6) is 0 Å². The van der Waals surface area contributed by atoms with Gasteiger partial charge >= 0.3 is 0 Å². The van der Waals surface area contributed by atoms with Gasteiger partial charge in [0.1, 0.15) is 15.7 Å². The molecule has 0 amide bonds. The number of hydrogen-bond acceptors (Lipinski definition) is 4. The fourth-order valence-electron chi connectivity index (χ4n) is 4.09. The van der Waals surface area contributed by atoms with Crippen molar-refractivity contribution >= 4 is 9.84 Å². The van der Waals surface area contributed by atoms with E-state index in [4.69, 9.17) is 4.98 Å². The van der Waals surface area contributed by atoms with Crippen molar-refractivity contribution in [2.24, 2.45) is 0 Å². The zero-order valence-corrected chi connectivity index (χ0v) is 22.8. The fourth-order valence-corrected chi connectivity index (χ4v) is 5.08. The van der Waals surface area contributed by atoms with Crippen LogP contribution in [0.3, 0.4) is 0 Å². The first-order valence-electron chi connectivity index (χ1n) is 12.7. The van der Waals surface area contributed by atoms with Gasteiger partial charge in [-0.05, 0) is 43.7 Å². The minimum atomic E-state index is -2.63. The van der Waals surface area contributed by atoms with E-state index in [0.717, 1.165) is 60.3 Å². The highest BCUT2D eigenvalue weighted by Crippen LogP contribution is 2.27. The Kier molecular flexibility index (Phi) is 10.9. The Labute approximate surface area is 211 Å². The Hall–Kier alpha value is -2.73. The van der Waals surface area contributed by atoms with Gasteiger partial charge in [0, 0.05) is 11.8 Å². The van der Waals surface area contributed by atoms with Crippen LogP contribution in [0.15, 0.2) is 65.5 Å². The van der Waals surface area contributed by atoms with Crippen LogP contribution in [0.25, 0.3) is 0 Å². The van der Waals surface area contributed by atoms with Crippen LogP contribution in [0.2, 0.25) is 0 Å². The molecule has 4 rings (SSSR count). The largest absolute Gasteiger partial charge is 0.285 e. The van der Waals surface area contributed by atoms with Gasteiger partial charge in [-0.2, -0.15) is 0 Å². The van der Waals surface area contributed by atoms with Gasteiger partial charge in [0.05, 0.1) is 17.0 Å². The lowest BCUT2D eigenvalue weighted by molar-refractivity contribution is 0.594. The molecule has 1 saturated carbocycles. The van der Waals surface area contributed by atoms with E-state index in [2.05, 4.69) is 38.1 Å². The van der Waals surface area contributed by atoms with Crippen molar-refractivity contribution in [1.29, 1.82) is 0 Å². The number of rotatable bonds is 7. The minimum absolute atomic E-state index is 0.0208. The van der Waals surface area contributed by atoms with Gasteiger partial charge in [-0.3, -0.25) is 9.36 Å². The molecule has 0 radical (unpaired) electrons. The Bertz CT molecular complexity index is 1180. The van der Waals surface area contributed by atoms with E-state index in [1.165, 1.54) is 6.26 Å². The normalized spacial score (nSPS) is 12.9. The molecule has 0 spiro atoms. The number of aromatic nitrogens is 2. The summed E-state index contributed by atoms with van der Waals surface area (Å²) in [7, 11) is -2.63. The zero-order chi connectivity index (χ0) is 26.0. The molecule has 190 valence electrons. The summed E-state index contributed by atoms with van der Waals surface area (Å²) in [5.74, 6) is 0.768. The number of benzene rings is 2. The molecular weight excluding hydrogens is 456 g/mol. The molecule has 1 fully saturated rings. The van der Waals surface area contributed by atoms with Crippen molar-refractivity contribution in [3.05, 3.63) is 99.2 Å². The number of sulfone groups is 1. The number of aryl methyl sites for hydroxylation is 2. The van der Waals surface area contributed by atoms with E-state index in [1.807, 2.05) is 61.7 Å². The van der Waals surface area contributed by atoms with Gasteiger partial charge in [0.2, 0.25) is 0 Å². The van der Waals surface area contributed by atoms with Crippen molar-refractivity contribution < 1.29 is 8.42 Å². The molecule has 35 heavy (non-hydrogen) atoms. The maximum absolute atomic E-state index is 13.5. The summed E-state index contributed by atoms with van der Waals surface area (Å²) >= 11 is 0. The Morgan fingerprint density at radius 3 is 1.77 bits per heavy atom. The molecule has 0 saturated heterocycles.